The van der Waals surface area contributed by atoms with E-state index < -0.39 is 14.4 Å². The Morgan fingerprint density at radius 1 is 0.667 bits per heavy atom. The van der Waals surface area contributed by atoms with Gasteiger partial charge in [0.25, 0.3) is 8.32 Å². The van der Waals surface area contributed by atoms with Crippen molar-refractivity contribution >= 4 is 18.7 Å². The zero-order valence-electron chi connectivity index (χ0n) is 19.6. The lowest BCUT2D eigenvalue weighted by Crippen LogP contribution is -2.66. The van der Waals surface area contributed by atoms with Gasteiger partial charge in [-0.1, -0.05) is 136 Å². The molecule has 0 aliphatic heterocycles. The lowest BCUT2D eigenvalue weighted by atomic mass is 9.97. The fourth-order valence-corrected chi connectivity index (χ4v) is 9.22. The highest BCUT2D eigenvalue weighted by Gasteiger charge is 2.50. The minimum Gasteiger partial charge on any atom is -0.403 e. The molecule has 0 aromatic heterocycles. The number of benzene rings is 4. The lowest BCUT2D eigenvalue weighted by Gasteiger charge is -2.43. The summed E-state index contributed by atoms with van der Waals surface area (Å²) in [7, 11) is -2.65. The molecule has 0 aliphatic carbocycles. The maximum atomic E-state index is 11.2. The van der Waals surface area contributed by atoms with Crippen molar-refractivity contribution in [1.29, 1.82) is 0 Å². The van der Waals surface area contributed by atoms with E-state index in [1.807, 2.05) is 48.5 Å². The molecule has 0 fully saturated rings. The monoisotopic (exact) mass is 452 g/mol. The number of hydrogen-bond acceptors (Lipinski definition) is 2. The third kappa shape index (κ3) is 4.72. The van der Waals surface area contributed by atoms with E-state index in [4.69, 9.17) is 4.43 Å². The van der Waals surface area contributed by atoms with Crippen LogP contribution in [0.2, 0.25) is 5.04 Å². The molecule has 4 rings (SSSR count). The van der Waals surface area contributed by atoms with Crippen molar-refractivity contribution in [2.24, 2.45) is 0 Å². The smallest absolute Gasteiger partial charge is 0.261 e. The van der Waals surface area contributed by atoms with Gasteiger partial charge in [-0.3, -0.25) is 0 Å². The minimum absolute atomic E-state index is 0.0945. The van der Waals surface area contributed by atoms with Crippen LogP contribution in [-0.4, -0.2) is 13.4 Å². The molecule has 33 heavy (non-hydrogen) atoms. The summed E-state index contributed by atoms with van der Waals surface area (Å²) in [6, 6.07) is 39.2. The van der Waals surface area contributed by atoms with Crippen LogP contribution in [0.25, 0.3) is 0 Å². The topological polar surface area (TPSA) is 29.5 Å². The molecule has 0 saturated carbocycles. The molecule has 4 aromatic rings. The van der Waals surface area contributed by atoms with Gasteiger partial charge in [0.1, 0.15) is 6.10 Å². The summed E-state index contributed by atoms with van der Waals surface area (Å²) >= 11 is 0. The average Bonchev–Trinajstić information content (AvgIpc) is 2.85. The van der Waals surface area contributed by atoms with Crippen LogP contribution in [0.1, 0.15) is 43.6 Å². The zero-order valence-corrected chi connectivity index (χ0v) is 20.6. The zero-order chi connectivity index (χ0) is 23.3. The van der Waals surface area contributed by atoms with Crippen molar-refractivity contribution in [3.05, 3.63) is 132 Å². The first-order valence-electron chi connectivity index (χ1n) is 11.5. The summed E-state index contributed by atoms with van der Waals surface area (Å²) in [5.74, 6) is 0. The van der Waals surface area contributed by atoms with Gasteiger partial charge in [-0.25, -0.2) is 0 Å². The van der Waals surface area contributed by atoms with Crippen molar-refractivity contribution in [2.45, 2.75) is 38.5 Å². The predicted molar refractivity (Wildman–Crippen MR) is 139 cm³/mol. The molecule has 0 amide bonds. The summed E-state index contributed by atoms with van der Waals surface area (Å²) < 4.78 is 7.11. The van der Waals surface area contributed by atoms with Crippen LogP contribution in [0.3, 0.4) is 0 Å². The van der Waals surface area contributed by atoms with Crippen LogP contribution >= 0.6 is 0 Å². The molecule has 168 valence electrons. The third-order valence-electron chi connectivity index (χ3n) is 6.33. The molecule has 0 aliphatic rings. The Balaban J connectivity index is 1.77. The Morgan fingerprint density at radius 3 is 1.64 bits per heavy atom. The SMILES string of the molecule is CC(C)(C)[Si](OCc1ccccc1C(O)c1ccccc1)(c1ccccc1)c1ccccc1. The maximum absolute atomic E-state index is 11.2. The molecule has 1 N–H and O–H groups in total. The molecule has 3 heteroatoms. The molecule has 0 saturated heterocycles. The van der Waals surface area contributed by atoms with E-state index in [-0.39, 0.29) is 5.04 Å². The van der Waals surface area contributed by atoms with E-state index in [0.717, 1.165) is 16.7 Å². The van der Waals surface area contributed by atoms with Crippen LogP contribution in [0, 0.1) is 0 Å². The van der Waals surface area contributed by atoms with Crippen LogP contribution in [0.5, 0.6) is 0 Å². The molecule has 0 heterocycles. The first-order valence-corrected chi connectivity index (χ1v) is 13.4. The highest BCUT2D eigenvalue weighted by atomic mass is 28.4. The Bertz CT molecular complexity index is 1110. The second-order valence-corrected chi connectivity index (χ2v) is 13.8. The van der Waals surface area contributed by atoms with Crippen molar-refractivity contribution in [3.63, 3.8) is 0 Å². The standard InChI is InChI=1S/C30H32O2Si/c1-30(2,3)33(26-18-9-5-10-19-26,27-20-11-6-12-21-27)32-23-25-17-13-14-22-28(25)29(31)24-15-7-4-8-16-24/h4-22,29,31H,23H2,1-3H3. The van der Waals surface area contributed by atoms with Gasteiger partial charge >= 0.3 is 0 Å². The van der Waals surface area contributed by atoms with E-state index in [1.54, 1.807) is 0 Å². The highest BCUT2D eigenvalue weighted by molar-refractivity contribution is 6.99. The summed E-state index contributed by atoms with van der Waals surface area (Å²) in [4.78, 5) is 0. The van der Waals surface area contributed by atoms with E-state index >= 15 is 0 Å². The Labute approximate surface area is 198 Å². The first-order chi connectivity index (χ1) is 15.9. The molecule has 0 bridgehead atoms. The predicted octanol–water partition coefficient (Wildman–Crippen LogP) is 5.84. The Morgan fingerprint density at radius 2 is 1.12 bits per heavy atom. The van der Waals surface area contributed by atoms with Gasteiger partial charge in [-0.2, -0.15) is 0 Å². The second kappa shape index (κ2) is 9.88. The van der Waals surface area contributed by atoms with E-state index in [1.165, 1.54) is 10.4 Å². The summed E-state index contributed by atoms with van der Waals surface area (Å²) in [5, 5.41) is 13.6. The third-order valence-corrected chi connectivity index (χ3v) is 11.3. The quantitative estimate of drug-likeness (QED) is 0.357. The molecular weight excluding hydrogens is 420 g/mol. The molecule has 2 nitrogen and oxygen atoms in total. The van der Waals surface area contributed by atoms with Gasteiger partial charge in [0.05, 0.1) is 6.61 Å². The minimum atomic E-state index is -2.65. The average molecular weight is 453 g/mol. The highest BCUT2D eigenvalue weighted by Crippen LogP contribution is 2.38. The fourth-order valence-electron chi connectivity index (χ4n) is 4.69. The van der Waals surface area contributed by atoms with Crippen molar-refractivity contribution in [3.8, 4) is 0 Å². The van der Waals surface area contributed by atoms with Gasteiger partial charge in [-0.05, 0) is 32.1 Å². The lowest BCUT2D eigenvalue weighted by molar-refractivity contribution is 0.214. The van der Waals surface area contributed by atoms with Crippen LogP contribution < -0.4 is 10.4 Å². The summed E-state index contributed by atoms with van der Waals surface area (Å²) in [5.41, 5.74) is 2.79. The van der Waals surface area contributed by atoms with Crippen molar-refractivity contribution in [1.82, 2.24) is 0 Å². The van der Waals surface area contributed by atoms with Crippen LogP contribution in [0.15, 0.2) is 115 Å². The van der Waals surface area contributed by atoms with Crippen LogP contribution in [0.4, 0.5) is 0 Å². The first kappa shape index (κ1) is 23.2. The van der Waals surface area contributed by atoms with Gasteiger partial charge in [0.2, 0.25) is 0 Å². The van der Waals surface area contributed by atoms with E-state index in [9.17, 15) is 5.11 Å². The van der Waals surface area contributed by atoms with Crippen molar-refractivity contribution < 1.29 is 9.53 Å². The molecule has 0 radical (unpaired) electrons. The summed E-state index contributed by atoms with van der Waals surface area (Å²) in [6.07, 6.45) is -0.690. The second-order valence-electron chi connectivity index (χ2n) is 9.46. The molecule has 0 spiro atoms. The van der Waals surface area contributed by atoms with Gasteiger partial charge in [0, 0.05) is 0 Å². The maximum Gasteiger partial charge on any atom is 0.261 e. The normalized spacial score (nSPS) is 13.0. The molecular formula is C30H32O2Si. The molecule has 4 aromatic carbocycles. The largest absolute Gasteiger partial charge is 0.403 e. The van der Waals surface area contributed by atoms with Crippen molar-refractivity contribution in [2.75, 3.05) is 0 Å². The number of rotatable bonds is 7. The van der Waals surface area contributed by atoms with Gasteiger partial charge in [-0.15, -0.1) is 0 Å². The van der Waals surface area contributed by atoms with E-state index in [0.29, 0.717) is 6.61 Å². The van der Waals surface area contributed by atoms with Gasteiger partial charge in [0.15, 0.2) is 0 Å². The van der Waals surface area contributed by atoms with E-state index in [2.05, 4.69) is 87.5 Å². The number of hydrogen-bond donors (Lipinski definition) is 1. The summed E-state index contributed by atoms with van der Waals surface area (Å²) in [6.45, 7) is 7.28. The van der Waals surface area contributed by atoms with Gasteiger partial charge < -0.3 is 9.53 Å². The molecule has 1 unspecified atom stereocenters. The number of aliphatic hydroxyl groups excluding tert-OH is 1. The molecule has 1 atom stereocenters. The van der Waals surface area contributed by atoms with Crippen LogP contribution in [-0.2, 0) is 11.0 Å². The Kier molecular flexibility index (Phi) is 6.94. The number of aliphatic hydroxyl groups is 1. The fraction of sp³-hybridized carbons (Fsp3) is 0.200. The Hall–Kier alpha value is -2.98.